The average Bonchev–Trinajstić information content (AvgIpc) is 2.37. The fourth-order valence-electron chi connectivity index (χ4n) is 2.55. The van der Waals surface area contributed by atoms with Crippen molar-refractivity contribution in [1.82, 2.24) is 5.32 Å². The van der Waals surface area contributed by atoms with Gasteiger partial charge < -0.3 is 10.6 Å². The largest absolute Gasteiger partial charge is 0.350 e. The highest BCUT2D eigenvalue weighted by Crippen LogP contribution is 2.30. The fourth-order valence-corrected chi connectivity index (χ4v) is 2.55. The molecule has 20 heavy (non-hydrogen) atoms. The summed E-state index contributed by atoms with van der Waals surface area (Å²) in [6.07, 6.45) is 0.522. The van der Waals surface area contributed by atoms with Gasteiger partial charge in [-0.15, -0.1) is 0 Å². The van der Waals surface area contributed by atoms with Crippen molar-refractivity contribution in [2.75, 3.05) is 11.4 Å². The first-order valence-corrected chi connectivity index (χ1v) is 6.60. The Morgan fingerprint density at radius 2 is 2.20 bits per heavy atom. The van der Waals surface area contributed by atoms with E-state index in [9.17, 15) is 14.0 Å². The van der Waals surface area contributed by atoms with Gasteiger partial charge in [0.05, 0.1) is 6.54 Å². The van der Waals surface area contributed by atoms with Crippen molar-refractivity contribution < 1.29 is 14.0 Å². The summed E-state index contributed by atoms with van der Waals surface area (Å²) in [4.78, 5) is 25.1. The summed E-state index contributed by atoms with van der Waals surface area (Å²) in [6.45, 7) is 3.54. The van der Waals surface area contributed by atoms with Crippen molar-refractivity contribution in [3.05, 3.63) is 29.6 Å². The molecule has 2 amide bonds. The van der Waals surface area contributed by atoms with Gasteiger partial charge in [-0.25, -0.2) is 4.39 Å². The Bertz CT molecular complexity index is 545. The van der Waals surface area contributed by atoms with Crippen LogP contribution in [0.5, 0.6) is 0 Å². The van der Waals surface area contributed by atoms with E-state index in [2.05, 4.69) is 5.32 Å². The van der Waals surface area contributed by atoms with Crippen LogP contribution in [0.2, 0.25) is 0 Å². The fraction of sp³-hybridized carbons (Fsp3) is 0.429. The number of piperazine rings is 1. The molecular weight excluding hydrogens is 261 g/mol. The molecule has 2 unspecified atom stereocenters. The summed E-state index contributed by atoms with van der Waals surface area (Å²) < 4.78 is 14.0. The molecule has 0 bridgehead atoms. The Labute approximate surface area is 116 Å². The third-order valence-electron chi connectivity index (χ3n) is 3.44. The number of nitrogens with two attached hydrogens (primary N) is 1. The van der Waals surface area contributed by atoms with Gasteiger partial charge >= 0.3 is 0 Å². The predicted molar refractivity (Wildman–Crippen MR) is 73.6 cm³/mol. The molecule has 1 heterocycles. The van der Waals surface area contributed by atoms with E-state index in [1.807, 2.05) is 6.92 Å². The molecule has 1 aliphatic rings. The van der Waals surface area contributed by atoms with E-state index in [1.165, 1.54) is 6.07 Å². The second-order valence-electron chi connectivity index (χ2n) is 4.93. The standard InChI is InChI=1S/C14H18FN3O2/c1-3-10-14(20)17-12(19)7-18(10)11-6-4-5-9(15)13(11)8(2)16/h4-6,8,10H,3,7,16H2,1-2H3,(H,17,19,20). The van der Waals surface area contributed by atoms with Gasteiger partial charge in [0.15, 0.2) is 0 Å². The molecule has 0 aliphatic carbocycles. The van der Waals surface area contributed by atoms with Gasteiger partial charge in [-0.05, 0) is 25.5 Å². The highest BCUT2D eigenvalue weighted by molar-refractivity contribution is 6.04. The molecule has 1 aromatic rings. The van der Waals surface area contributed by atoms with Gasteiger partial charge in [-0.1, -0.05) is 13.0 Å². The lowest BCUT2D eigenvalue weighted by atomic mass is 10.0. The summed E-state index contributed by atoms with van der Waals surface area (Å²) in [7, 11) is 0. The molecule has 0 aromatic heterocycles. The molecule has 1 aromatic carbocycles. The summed E-state index contributed by atoms with van der Waals surface area (Å²) in [6, 6.07) is 3.56. The molecule has 0 saturated carbocycles. The number of anilines is 1. The van der Waals surface area contributed by atoms with Gasteiger partial charge in [-0.2, -0.15) is 0 Å². The van der Waals surface area contributed by atoms with Crippen LogP contribution in [-0.2, 0) is 9.59 Å². The number of imide groups is 1. The zero-order chi connectivity index (χ0) is 14.9. The van der Waals surface area contributed by atoms with Crippen molar-refractivity contribution >= 4 is 17.5 Å². The number of nitrogens with zero attached hydrogens (tertiary/aromatic N) is 1. The zero-order valence-corrected chi connectivity index (χ0v) is 11.5. The summed E-state index contributed by atoms with van der Waals surface area (Å²) >= 11 is 0. The SMILES string of the molecule is CCC1C(=O)NC(=O)CN1c1cccc(F)c1C(C)N. The Kier molecular flexibility index (Phi) is 4.04. The van der Waals surface area contributed by atoms with E-state index in [0.29, 0.717) is 17.7 Å². The van der Waals surface area contributed by atoms with E-state index in [-0.39, 0.29) is 18.4 Å². The number of hydrogen-bond donors (Lipinski definition) is 2. The van der Waals surface area contributed by atoms with Crippen LogP contribution in [0.4, 0.5) is 10.1 Å². The van der Waals surface area contributed by atoms with Crippen LogP contribution >= 0.6 is 0 Å². The van der Waals surface area contributed by atoms with E-state index in [1.54, 1.807) is 24.0 Å². The number of hydrogen-bond acceptors (Lipinski definition) is 4. The van der Waals surface area contributed by atoms with Crippen molar-refractivity contribution in [3.8, 4) is 0 Å². The predicted octanol–water partition coefficient (Wildman–Crippen LogP) is 1.09. The van der Waals surface area contributed by atoms with E-state index in [0.717, 1.165) is 0 Å². The monoisotopic (exact) mass is 279 g/mol. The maximum absolute atomic E-state index is 14.0. The lowest BCUT2D eigenvalue weighted by molar-refractivity contribution is -0.132. The van der Waals surface area contributed by atoms with Crippen LogP contribution in [0, 0.1) is 5.82 Å². The van der Waals surface area contributed by atoms with Gasteiger partial charge in [0.25, 0.3) is 0 Å². The molecule has 0 radical (unpaired) electrons. The molecule has 2 rings (SSSR count). The third kappa shape index (κ3) is 2.51. The Balaban J connectivity index is 2.50. The summed E-state index contributed by atoms with van der Waals surface area (Å²) in [5.74, 6) is -1.17. The highest BCUT2D eigenvalue weighted by atomic mass is 19.1. The number of nitrogens with one attached hydrogen (secondary N) is 1. The number of rotatable bonds is 3. The van der Waals surface area contributed by atoms with Crippen LogP contribution in [-0.4, -0.2) is 24.4 Å². The number of halogens is 1. The van der Waals surface area contributed by atoms with Crippen LogP contribution in [0.25, 0.3) is 0 Å². The second kappa shape index (κ2) is 5.58. The zero-order valence-electron chi connectivity index (χ0n) is 11.5. The Hall–Kier alpha value is -1.95. The minimum atomic E-state index is -0.524. The number of benzene rings is 1. The lowest BCUT2D eigenvalue weighted by Crippen LogP contribution is -2.58. The topological polar surface area (TPSA) is 75.4 Å². The molecule has 1 saturated heterocycles. The molecule has 1 fully saturated rings. The second-order valence-corrected chi connectivity index (χ2v) is 4.93. The molecular formula is C14H18FN3O2. The Morgan fingerprint density at radius 3 is 2.80 bits per heavy atom. The maximum Gasteiger partial charge on any atom is 0.249 e. The molecule has 108 valence electrons. The van der Waals surface area contributed by atoms with Gasteiger partial charge in [0, 0.05) is 17.3 Å². The minimum absolute atomic E-state index is 0.0212. The molecule has 6 heteroatoms. The van der Waals surface area contributed by atoms with Gasteiger partial charge in [-0.3, -0.25) is 14.9 Å². The molecule has 3 N–H and O–H groups in total. The van der Waals surface area contributed by atoms with E-state index >= 15 is 0 Å². The quantitative estimate of drug-likeness (QED) is 0.812. The minimum Gasteiger partial charge on any atom is -0.350 e. The summed E-state index contributed by atoms with van der Waals surface area (Å²) in [5.41, 5.74) is 6.66. The first kappa shape index (κ1) is 14.5. The summed E-state index contributed by atoms with van der Waals surface area (Å²) in [5, 5.41) is 2.30. The smallest absolute Gasteiger partial charge is 0.249 e. The van der Waals surface area contributed by atoms with Crippen molar-refractivity contribution in [2.45, 2.75) is 32.4 Å². The maximum atomic E-state index is 14.0. The number of carbonyl (C=O) groups excluding carboxylic acids is 2. The van der Waals surface area contributed by atoms with Crippen molar-refractivity contribution in [2.24, 2.45) is 5.73 Å². The number of carbonyl (C=O) groups is 2. The van der Waals surface area contributed by atoms with Crippen LogP contribution in [0.3, 0.4) is 0 Å². The average molecular weight is 279 g/mol. The van der Waals surface area contributed by atoms with Crippen molar-refractivity contribution in [1.29, 1.82) is 0 Å². The molecule has 2 atom stereocenters. The third-order valence-corrected chi connectivity index (χ3v) is 3.44. The van der Waals surface area contributed by atoms with Crippen LogP contribution < -0.4 is 16.0 Å². The van der Waals surface area contributed by atoms with E-state index in [4.69, 9.17) is 5.73 Å². The lowest BCUT2D eigenvalue weighted by Gasteiger charge is -2.36. The highest BCUT2D eigenvalue weighted by Gasteiger charge is 2.34. The van der Waals surface area contributed by atoms with Gasteiger partial charge in [0.2, 0.25) is 11.8 Å². The normalized spacial score (nSPS) is 20.8. The van der Waals surface area contributed by atoms with E-state index < -0.39 is 17.9 Å². The van der Waals surface area contributed by atoms with Crippen molar-refractivity contribution in [3.63, 3.8) is 0 Å². The first-order chi connectivity index (χ1) is 9.45. The molecule has 5 nitrogen and oxygen atoms in total. The molecule has 0 spiro atoms. The van der Waals surface area contributed by atoms with Crippen LogP contribution in [0.15, 0.2) is 18.2 Å². The number of amides is 2. The first-order valence-electron chi connectivity index (χ1n) is 6.60. The van der Waals surface area contributed by atoms with Crippen LogP contribution in [0.1, 0.15) is 31.9 Å². The molecule has 1 aliphatic heterocycles. The van der Waals surface area contributed by atoms with Gasteiger partial charge in [0.1, 0.15) is 11.9 Å². The Morgan fingerprint density at radius 1 is 1.50 bits per heavy atom.